The molecule has 1 amide bonds. The number of carbonyl (C=O) groups excluding carboxylic acids is 1. The van der Waals surface area contributed by atoms with Gasteiger partial charge in [0.1, 0.15) is 5.52 Å². The van der Waals surface area contributed by atoms with Gasteiger partial charge in [0.2, 0.25) is 0 Å². The van der Waals surface area contributed by atoms with E-state index in [2.05, 4.69) is 26.2 Å². The van der Waals surface area contributed by atoms with Crippen LogP contribution in [0.1, 0.15) is 15.9 Å². The quantitative estimate of drug-likeness (QED) is 0.767. The van der Waals surface area contributed by atoms with Crippen LogP contribution >= 0.6 is 15.9 Å². The molecule has 0 atom stereocenters. The van der Waals surface area contributed by atoms with E-state index in [9.17, 15) is 4.79 Å². The molecule has 2 aromatic carbocycles. The summed E-state index contributed by atoms with van der Waals surface area (Å²) in [4.78, 5) is 16.3. The van der Waals surface area contributed by atoms with Gasteiger partial charge in [0, 0.05) is 10.0 Å². The van der Waals surface area contributed by atoms with Crippen LogP contribution in [0.15, 0.2) is 51.7 Å². The number of carbonyl (C=O) groups is 1. The van der Waals surface area contributed by atoms with Gasteiger partial charge in [0.05, 0.1) is 5.69 Å². The zero-order chi connectivity index (χ0) is 14.1. The lowest BCUT2D eigenvalue weighted by Crippen LogP contribution is -2.12. The summed E-state index contributed by atoms with van der Waals surface area (Å²) in [7, 11) is 0. The first-order valence-corrected chi connectivity index (χ1v) is 6.83. The molecule has 3 aromatic rings. The molecule has 1 aromatic heterocycles. The topological polar surface area (TPSA) is 55.1 Å². The Morgan fingerprint density at radius 2 is 2.10 bits per heavy atom. The number of halogens is 1. The number of hydrogen-bond donors (Lipinski definition) is 1. The molecule has 0 bridgehead atoms. The van der Waals surface area contributed by atoms with E-state index in [1.165, 1.54) is 6.39 Å². The van der Waals surface area contributed by atoms with Crippen molar-refractivity contribution in [1.82, 2.24) is 4.98 Å². The van der Waals surface area contributed by atoms with E-state index in [1.54, 1.807) is 18.2 Å². The van der Waals surface area contributed by atoms with Gasteiger partial charge < -0.3 is 9.73 Å². The molecular formula is C15H11BrN2O2. The fraction of sp³-hybridized carbons (Fsp3) is 0.0667. The van der Waals surface area contributed by atoms with Gasteiger partial charge in [-0.2, -0.15) is 0 Å². The van der Waals surface area contributed by atoms with E-state index in [0.29, 0.717) is 16.7 Å². The van der Waals surface area contributed by atoms with Crippen LogP contribution in [-0.2, 0) is 0 Å². The lowest BCUT2D eigenvalue weighted by Gasteiger charge is -2.08. The highest BCUT2D eigenvalue weighted by Gasteiger charge is 2.10. The van der Waals surface area contributed by atoms with Crippen LogP contribution < -0.4 is 5.32 Å². The standard InChI is InChI=1S/C15H11BrN2O2/c1-9-2-4-12(11(16)6-9)18-15(19)10-3-5-14-13(7-10)17-8-20-14/h2-8H,1H3,(H,18,19). The molecule has 100 valence electrons. The van der Waals surface area contributed by atoms with E-state index in [-0.39, 0.29) is 5.91 Å². The van der Waals surface area contributed by atoms with Gasteiger partial charge in [-0.25, -0.2) is 4.98 Å². The van der Waals surface area contributed by atoms with Crippen LogP contribution in [0.25, 0.3) is 11.1 Å². The maximum absolute atomic E-state index is 12.2. The summed E-state index contributed by atoms with van der Waals surface area (Å²) in [5, 5.41) is 2.87. The van der Waals surface area contributed by atoms with Crippen molar-refractivity contribution in [2.75, 3.05) is 5.32 Å². The zero-order valence-corrected chi connectivity index (χ0v) is 12.3. The van der Waals surface area contributed by atoms with Gasteiger partial charge in [-0.1, -0.05) is 6.07 Å². The SMILES string of the molecule is Cc1ccc(NC(=O)c2ccc3ocnc3c2)c(Br)c1. The fourth-order valence-electron chi connectivity index (χ4n) is 1.92. The number of fused-ring (bicyclic) bond motifs is 1. The molecule has 0 aliphatic rings. The smallest absolute Gasteiger partial charge is 0.255 e. The van der Waals surface area contributed by atoms with Crippen LogP contribution in [0.2, 0.25) is 0 Å². The highest BCUT2D eigenvalue weighted by Crippen LogP contribution is 2.24. The number of benzene rings is 2. The van der Waals surface area contributed by atoms with Crippen molar-refractivity contribution in [3.8, 4) is 0 Å². The second-order valence-corrected chi connectivity index (χ2v) is 5.33. The lowest BCUT2D eigenvalue weighted by molar-refractivity contribution is 0.102. The van der Waals surface area contributed by atoms with Crippen LogP contribution in [-0.4, -0.2) is 10.9 Å². The van der Waals surface area contributed by atoms with Crippen molar-refractivity contribution in [2.45, 2.75) is 6.92 Å². The Bertz CT molecular complexity index is 795. The molecule has 5 heteroatoms. The van der Waals surface area contributed by atoms with Crippen molar-refractivity contribution in [2.24, 2.45) is 0 Å². The molecule has 0 fully saturated rings. The van der Waals surface area contributed by atoms with Crippen molar-refractivity contribution in [3.05, 3.63) is 58.4 Å². The molecule has 0 saturated heterocycles. The second-order valence-electron chi connectivity index (χ2n) is 4.47. The summed E-state index contributed by atoms with van der Waals surface area (Å²) in [6, 6.07) is 10.9. The molecule has 3 rings (SSSR count). The van der Waals surface area contributed by atoms with Crippen LogP contribution in [0.5, 0.6) is 0 Å². The summed E-state index contributed by atoms with van der Waals surface area (Å²) in [6.45, 7) is 1.99. The Labute approximate surface area is 123 Å². The number of anilines is 1. The minimum atomic E-state index is -0.181. The Hall–Kier alpha value is -2.14. The molecule has 20 heavy (non-hydrogen) atoms. The van der Waals surface area contributed by atoms with Gasteiger partial charge in [-0.15, -0.1) is 0 Å². The van der Waals surface area contributed by atoms with Crippen molar-refractivity contribution in [1.29, 1.82) is 0 Å². The summed E-state index contributed by atoms with van der Waals surface area (Å²) in [5.41, 5.74) is 3.73. The summed E-state index contributed by atoms with van der Waals surface area (Å²) >= 11 is 3.44. The Balaban J connectivity index is 1.88. The fourth-order valence-corrected chi connectivity index (χ4v) is 2.51. The first-order valence-electron chi connectivity index (χ1n) is 6.04. The molecule has 4 nitrogen and oxygen atoms in total. The number of oxazole rings is 1. The highest BCUT2D eigenvalue weighted by atomic mass is 79.9. The average molecular weight is 331 g/mol. The largest absolute Gasteiger partial charge is 0.443 e. The number of aryl methyl sites for hydroxylation is 1. The van der Waals surface area contributed by atoms with Gasteiger partial charge in [-0.05, 0) is 58.7 Å². The Morgan fingerprint density at radius 3 is 2.90 bits per heavy atom. The highest BCUT2D eigenvalue weighted by molar-refractivity contribution is 9.10. The molecule has 1 N–H and O–H groups in total. The Kier molecular flexibility index (Phi) is 3.28. The van der Waals surface area contributed by atoms with Crippen LogP contribution in [0.4, 0.5) is 5.69 Å². The average Bonchev–Trinajstić information content (AvgIpc) is 2.89. The molecule has 0 spiro atoms. The summed E-state index contributed by atoms with van der Waals surface area (Å²) < 4.78 is 6.01. The molecule has 0 aliphatic carbocycles. The lowest BCUT2D eigenvalue weighted by atomic mass is 10.2. The van der Waals surface area contributed by atoms with Crippen molar-refractivity contribution >= 4 is 38.6 Å². The minimum Gasteiger partial charge on any atom is -0.443 e. The van der Waals surface area contributed by atoms with E-state index < -0.39 is 0 Å². The van der Waals surface area contributed by atoms with Gasteiger partial charge in [0.25, 0.3) is 5.91 Å². The summed E-state index contributed by atoms with van der Waals surface area (Å²) in [5.74, 6) is -0.181. The number of amides is 1. The monoisotopic (exact) mass is 330 g/mol. The van der Waals surface area contributed by atoms with Crippen LogP contribution in [0.3, 0.4) is 0 Å². The molecular weight excluding hydrogens is 320 g/mol. The van der Waals surface area contributed by atoms with Crippen molar-refractivity contribution < 1.29 is 9.21 Å². The molecule has 1 heterocycles. The third-order valence-corrected chi connectivity index (χ3v) is 3.62. The predicted molar refractivity (Wildman–Crippen MR) is 80.8 cm³/mol. The maximum Gasteiger partial charge on any atom is 0.255 e. The van der Waals surface area contributed by atoms with E-state index in [0.717, 1.165) is 15.7 Å². The predicted octanol–water partition coefficient (Wildman–Crippen LogP) is 4.15. The third-order valence-electron chi connectivity index (χ3n) is 2.97. The molecule has 0 radical (unpaired) electrons. The maximum atomic E-state index is 12.2. The number of nitrogens with zero attached hydrogens (tertiary/aromatic N) is 1. The first-order chi connectivity index (χ1) is 9.63. The molecule has 0 saturated carbocycles. The first kappa shape index (κ1) is 12.9. The van der Waals surface area contributed by atoms with Gasteiger partial charge in [0.15, 0.2) is 12.0 Å². The van der Waals surface area contributed by atoms with E-state index in [1.807, 2.05) is 25.1 Å². The second kappa shape index (κ2) is 5.09. The minimum absolute atomic E-state index is 0.181. The third kappa shape index (κ3) is 2.44. The Morgan fingerprint density at radius 1 is 1.25 bits per heavy atom. The summed E-state index contributed by atoms with van der Waals surface area (Å²) in [6.07, 6.45) is 1.36. The molecule has 0 unspecified atom stereocenters. The van der Waals surface area contributed by atoms with Gasteiger partial charge >= 0.3 is 0 Å². The number of aromatic nitrogens is 1. The van der Waals surface area contributed by atoms with E-state index >= 15 is 0 Å². The number of rotatable bonds is 2. The normalized spacial score (nSPS) is 10.7. The van der Waals surface area contributed by atoms with E-state index in [4.69, 9.17) is 4.42 Å². The van der Waals surface area contributed by atoms with Crippen LogP contribution in [0, 0.1) is 6.92 Å². The number of nitrogens with one attached hydrogen (secondary N) is 1. The zero-order valence-electron chi connectivity index (χ0n) is 10.7. The number of hydrogen-bond acceptors (Lipinski definition) is 3. The van der Waals surface area contributed by atoms with Gasteiger partial charge in [-0.3, -0.25) is 4.79 Å². The van der Waals surface area contributed by atoms with Crippen molar-refractivity contribution in [3.63, 3.8) is 0 Å². The molecule has 0 aliphatic heterocycles.